The second-order valence-electron chi connectivity index (χ2n) is 5.21. The SMILES string of the molecule is CCCCCCN1CCCC(CC)C1CN. The summed E-state index contributed by atoms with van der Waals surface area (Å²) in [6.07, 6.45) is 9.54. The molecular formula is C14H30N2. The van der Waals surface area contributed by atoms with Gasteiger partial charge in [-0.2, -0.15) is 0 Å². The Morgan fingerprint density at radius 1 is 1.19 bits per heavy atom. The van der Waals surface area contributed by atoms with Crippen LogP contribution < -0.4 is 5.73 Å². The molecule has 1 fully saturated rings. The van der Waals surface area contributed by atoms with E-state index in [-0.39, 0.29) is 0 Å². The van der Waals surface area contributed by atoms with Crippen molar-refractivity contribution in [3.8, 4) is 0 Å². The first kappa shape index (κ1) is 14.0. The normalized spacial score (nSPS) is 27.2. The van der Waals surface area contributed by atoms with Gasteiger partial charge in [-0.25, -0.2) is 0 Å². The highest BCUT2D eigenvalue weighted by molar-refractivity contribution is 4.84. The van der Waals surface area contributed by atoms with Gasteiger partial charge < -0.3 is 5.73 Å². The summed E-state index contributed by atoms with van der Waals surface area (Å²) in [5, 5.41) is 0. The van der Waals surface area contributed by atoms with E-state index in [4.69, 9.17) is 5.73 Å². The molecule has 0 saturated carbocycles. The lowest BCUT2D eigenvalue weighted by molar-refractivity contribution is 0.0934. The van der Waals surface area contributed by atoms with E-state index >= 15 is 0 Å². The van der Waals surface area contributed by atoms with Crippen molar-refractivity contribution >= 4 is 0 Å². The minimum Gasteiger partial charge on any atom is -0.329 e. The largest absolute Gasteiger partial charge is 0.329 e. The molecule has 2 heteroatoms. The fraction of sp³-hybridized carbons (Fsp3) is 1.00. The van der Waals surface area contributed by atoms with Crippen molar-refractivity contribution in [2.45, 2.75) is 64.8 Å². The zero-order valence-corrected chi connectivity index (χ0v) is 11.3. The zero-order chi connectivity index (χ0) is 11.8. The molecule has 1 rings (SSSR count). The van der Waals surface area contributed by atoms with E-state index in [1.807, 2.05) is 0 Å². The molecule has 0 spiro atoms. The first-order valence-electron chi connectivity index (χ1n) is 7.27. The number of nitrogens with two attached hydrogens (primary N) is 1. The van der Waals surface area contributed by atoms with Crippen LogP contribution in [0.4, 0.5) is 0 Å². The van der Waals surface area contributed by atoms with Crippen molar-refractivity contribution in [1.29, 1.82) is 0 Å². The minimum atomic E-state index is 0.667. The number of unbranched alkanes of at least 4 members (excludes halogenated alkanes) is 3. The summed E-state index contributed by atoms with van der Waals surface area (Å²) in [5.41, 5.74) is 5.95. The second-order valence-corrected chi connectivity index (χ2v) is 5.21. The fourth-order valence-corrected chi connectivity index (χ4v) is 3.05. The first-order valence-corrected chi connectivity index (χ1v) is 7.27. The van der Waals surface area contributed by atoms with Gasteiger partial charge in [0.25, 0.3) is 0 Å². The summed E-state index contributed by atoms with van der Waals surface area (Å²) in [6.45, 7) is 8.00. The standard InChI is InChI=1S/C14H30N2/c1-3-5-6-7-10-16-11-8-9-13(4-2)14(16)12-15/h13-14H,3-12,15H2,1-2H3. The Kier molecular flexibility index (Phi) is 7.06. The molecule has 1 aliphatic rings. The Balaban J connectivity index is 2.31. The smallest absolute Gasteiger partial charge is 0.0246 e. The Morgan fingerprint density at radius 2 is 2.00 bits per heavy atom. The van der Waals surface area contributed by atoms with Crippen LogP contribution in [0.25, 0.3) is 0 Å². The third-order valence-corrected chi connectivity index (χ3v) is 4.10. The summed E-state index contributed by atoms with van der Waals surface area (Å²) in [5.74, 6) is 0.852. The molecule has 1 saturated heterocycles. The van der Waals surface area contributed by atoms with E-state index in [2.05, 4.69) is 18.7 Å². The van der Waals surface area contributed by atoms with Crippen LogP contribution in [0.3, 0.4) is 0 Å². The Bertz CT molecular complexity index is 170. The quantitative estimate of drug-likeness (QED) is 0.676. The Labute approximate surface area is 102 Å². The van der Waals surface area contributed by atoms with E-state index in [1.54, 1.807) is 0 Å². The average molecular weight is 226 g/mol. The predicted molar refractivity (Wildman–Crippen MR) is 71.6 cm³/mol. The van der Waals surface area contributed by atoms with Gasteiger partial charge in [-0.15, -0.1) is 0 Å². The third-order valence-electron chi connectivity index (χ3n) is 4.10. The number of hydrogen-bond acceptors (Lipinski definition) is 2. The average Bonchev–Trinajstić information content (AvgIpc) is 2.34. The van der Waals surface area contributed by atoms with Crippen molar-refractivity contribution in [2.24, 2.45) is 11.7 Å². The zero-order valence-electron chi connectivity index (χ0n) is 11.3. The van der Waals surface area contributed by atoms with Crippen LogP contribution in [0, 0.1) is 5.92 Å². The molecular weight excluding hydrogens is 196 g/mol. The first-order chi connectivity index (χ1) is 7.83. The maximum Gasteiger partial charge on any atom is 0.0246 e. The van der Waals surface area contributed by atoms with Crippen molar-refractivity contribution in [2.75, 3.05) is 19.6 Å². The molecule has 2 unspecified atom stereocenters. The van der Waals surface area contributed by atoms with Crippen molar-refractivity contribution in [1.82, 2.24) is 4.90 Å². The molecule has 16 heavy (non-hydrogen) atoms. The molecule has 1 aliphatic heterocycles. The van der Waals surface area contributed by atoms with Crippen LogP contribution in [0.2, 0.25) is 0 Å². The van der Waals surface area contributed by atoms with Crippen molar-refractivity contribution in [3.05, 3.63) is 0 Å². The highest BCUT2D eigenvalue weighted by atomic mass is 15.2. The molecule has 0 radical (unpaired) electrons. The summed E-state index contributed by atoms with van der Waals surface area (Å²) >= 11 is 0. The molecule has 2 nitrogen and oxygen atoms in total. The van der Waals surface area contributed by atoms with Crippen LogP contribution in [0.15, 0.2) is 0 Å². The lowest BCUT2D eigenvalue weighted by Gasteiger charge is -2.40. The van der Waals surface area contributed by atoms with Gasteiger partial charge in [0.05, 0.1) is 0 Å². The molecule has 0 aromatic rings. The second kappa shape index (κ2) is 8.08. The third kappa shape index (κ3) is 4.06. The summed E-state index contributed by atoms with van der Waals surface area (Å²) in [7, 11) is 0. The molecule has 2 atom stereocenters. The van der Waals surface area contributed by atoms with E-state index < -0.39 is 0 Å². The van der Waals surface area contributed by atoms with Crippen molar-refractivity contribution in [3.63, 3.8) is 0 Å². The van der Waals surface area contributed by atoms with Gasteiger partial charge in [0.1, 0.15) is 0 Å². The predicted octanol–water partition coefficient (Wildman–Crippen LogP) is 3.02. The molecule has 0 bridgehead atoms. The molecule has 2 N–H and O–H groups in total. The number of rotatable bonds is 7. The van der Waals surface area contributed by atoms with Crippen molar-refractivity contribution < 1.29 is 0 Å². The fourth-order valence-electron chi connectivity index (χ4n) is 3.05. The van der Waals surface area contributed by atoms with Gasteiger partial charge in [-0.1, -0.05) is 39.5 Å². The van der Waals surface area contributed by atoms with E-state index in [0.29, 0.717) is 6.04 Å². The van der Waals surface area contributed by atoms with E-state index in [0.717, 1.165) is 12.5 Å². The summed E-state index contributed by atoms with van der Waals surface area (Å²) < 4.78 is 0. The highest BCUT2D eigenvalue weighted by Crippen LogP contribution is 2.25. The van der Waals surface area contributed by atoms with Gasteiger partial charge in [0.15, 0.2) is 0 Å². The minimum absolute atomic E-state index is 0.667. The monoisotopic (exact) mass is 226 g/mol. The summed E-state index contributed by atoms with van der Waals surface area (Å²) in [4.78, 5) is 2.66. The van der Waals surface area contributed by atoms with Crippen LogP contribution in [-0.4, -0.2) is 30.6 Å². The topological polar surface area (TPSA) is 29.3 Å². The lowest BCUT2D eigenvalue weighted by atomic mass is 9.87. The van der Waals surface area contributed by atoms with Crippen LogP contribution in [0.5, 0.6) is 0 Å². The van der Waals surface area contributed by atoms with Gasteiger partial charge in [0, 0.05) is 12.6 Å². The summed E-state index contributed by atoms with van der Waals surface area (Å²) in [6, 6.07) is 0.667. The number of nitrogens with zero attached hydrogens (tertiary/aromatic N) is 1. The van der Waals surface area contributed by atoms with Gasteiger partial charge in [-0.3, -0.25) is 4.90 Å². The molecule has 1 heterocycles. The van der Waals surface area contributed by atoms with Crippen LogP contribution >= 0.6 is 0 Å². The number of piperidine rings is 1. The Morgan fingerprint density at radius 3 is 2.62 bits per heavy atom. The number of hydrogen-bond donors (Lipinski definition) is 1. The molecule has 0 aromatic carbocycles. The molecule has 0 aromatic heterocycles. The van der Waals surface area contributed by atoms with E-state index in [9.17, 15) is 0 Å². The van der Waals surface area contributed by atoms with Gasteiger partial charge in [-0.05, 0) is 38.3 Å². The van der Waals surface area contributed by atoms with Gasteiger partial charge in [0.2, 0.25) is 0 Å². The molecule has 0 aliphatic carbocycles. The van der Waals surface area contributed by atoms with Gasteiger partial charge >= 0.3 is 0 Å². The lowest BCUT2D eigenvalue weighted by Crippen LogP contribution is -2.49. The molecule has 96 valence electrons. The van der Waals surface area contributed by atoms with Crippen LogP contribution in [0.1, 0.15) is 58.8 Å². The van der Waals surface area contributed by atoms with E-state index in [1.165, 1.54) is 58.0 Å². The maximum atomic E-state index is 5.95. The Hall–Kier alpha value is -0.0800. The highest BCUT2D eigenvalue weighted by Gasteiger charge is 2.28. The maximum absolute atomic E-state index is 5.95. The molecule has 0 amide bonds. The van der Waals surface area contributed by atoms with Crippen LogP contribution in [-0.2, 0) is 0 Å². The number of likely N-dealkylation sites (tertiary alicyclic amines) is 1.